The lowest BCUT2D eigenvalue weighted by atomic mass is 10.1. The summed E-state index contributed by atoms with van der Waals surface area (Å²) < 4.78 is 13.9. The first-order valence-electron chi connectivity index (χ1n) is 8.56. The fraction of sp³-hybridized carbons (Fsp3) is 0.150. The molecular weight excluding hydrogens is 401 g/mol. The summed E-state index contributed by atoms with van der Waals surface area (Å²) in [7, 11) is 0. The van der Waals surface area contributed by atoms with Gasteiger partial charge >= 0.3 is 0 Å². The normalized spacial score (nSPS) is 12.8. The minimum Gasteiger partial charge on any atom is -0.312 e. The highest BCUT2D eigenvalue weighted by Crippen LogP contribution is 2.34. The third-order valence-electron chi connectivity index (χ3n) is 4.57. The van der Waals surface area contributed by atoms with E-state index in [1.165, 1.54) is 29.5 Å². The molecular formula is C20H15ClFN3O2S. The summed E-state index contributed by atoms with van der Waals surface area (Å²) in [5, 5.41) is 4.76. The van der Waals surface area contributed by atoms with Gasteiger partial charge in [0.15, 0.2) is 5.13 Å². The van der Waals surface area contributed by atoms with E-state index in [2.05, 4.69) is 10.3 Å². The Kier molecular flexibility index (Phi) is 4.87. The predicted molar refractivity (Wildman–Crippen MR) is 109 cm³/mol. The van der Waals surface area contributed by atoms with Crippen molar-refractivity contribution in [2.24, 2.45) is 0 Å². The first-order chi connectivity index (χ1) is 13.4. The Morgan fingerprint density at radius 1 is 1.29 bits per heavy atom. The van der Waals surface area contributed by atoms with Crippen LogP contribution in [0.5, 0.6) is 0 Å². The standard InChI is InChI=1S/C20H15ClFN3O2S/c1-11(26)25-8-7-12-5-6-13(9-17(12)25)16-10-28-20(23-16)24-19(27)18-14(21)3-2-4-15(18)22/h2-6,9-10H,7-8H2,1H3,(H,23,24,27). The summed E-state index contributed by atoms with van der Waals surface area (Å²) in [4.78, 5) is 30.3. The van der Waals surface area contributed by atoms with Crippen LogP contribution in [0.4, 0.5) is 15.2 Å². The lowest BCUT2D eigenvalue weighted by molar-refractivity contribution is -0.116. The molecule has 28 heavy (non-hydrogen) atoms. The molecule has 5 nitrogen and oxygen atoms in total. The predicted octanol–water partition coefficient (Wildman–Crippen LogP) is 4.76. The number of halogens is 2. The van der Waals surface area contributed by atoms with Crippen LogP contribution < -0.4 is 10.2 Å². The molecule has 1 aromatic heterocycles. The zero-order valence-electron chi connectivity index (χ0n) is 14.8. The van der Waals surface area contributed by atoms with Gasteiger partial charge < -0.3 is 4.90 Å². The Labute approximate surface area is 169 Å². The molecule has 0 unspecified atom stereocenters. The molecule has 2 heterocycles. The van der Waals surface area contributed by atoms with Gasteiger partial charge in [-0.05, 0) is 30.2 Å². The van der Waals surface area contributed by atoms with Crippen LogP contribution >= 0.6 is 22.9 Å². The third-order valence-corrected chi connectivity index (χ3v) is 5.64. The first kappa shape index (κ1) is 18.6. The minimum atomic E-state index is -0.690. The number of aromatic nitrogens is 1. The maximum Gasteiger partial charge on any atom is 0.261 e. The zero-order valence-corrected chi connectivity index (χ0v) is 16.4. The zero-order chi connectivity index (χ0) is 19.8. The molecule has 0 radical (unpaired) electrons. The van der Waals surface area contributed by atoms with Gasteiger partial charge in [-0.2, -0.15) is 0 Å². The molecule has 0 fully saturated rings. The van der Waals surface area contributed by atoms with Crippen LogP contribution in [0.2, 0.25) is 5.02 Å². The van der Waals surface area contributed by atoms with Crippen molar-refractivity contribution in [1.29, 1.82) is 0 Å². The number of benzene rings is 2. The van der Waals surface area contributed by atoms with Crippen molar-refractivity contribution < 1.29 is 14.0 Å². The Morgan fingerprint density at radius 3 is 2.86 bits per heavy atom. The van der Waals surface area contributed by atoms with Crippen LogP contribution in [-0.4, -0.2) is 23.3 Å². The van der Waals surface area contributed by atoms with Crippen LogP contribution in [0, 0.1) is 5.82 Å². The average molecular weight is 416 g/mol. The molecule has 0 saturated heterocycles. The number of anilines is 2. The Morgan fingerprint density at radius 2 is 2.11 bits per heavy atom. The Balaban J connectivity index is 1.58. The van der Waals surface area contributed by atoms with Crippen molar-refractivity contribution in [3.8, 4) is 11.3 Å². The van der Waals surface area contributed by atoms with Crippen molar-refractivity contribution >= 4 is 45.6 Å². The molecule has 2 aromatic carbocycles. The maximum atomic E-state index is 13.9. The first-order valence-corrected chi connectivity index (χ1v) is 9.82. The minimum absolute atomic E-state index is 0.00361. The quantitative estimate of drug-likeness (QED) is 0.670. The van der Waals surface area contributed by atoms with Crippen LogP contribution in [0.15, 0.2) is 41.8 Å². The van der Waals surface area contributed by atoms with Crippen LogP contribution in [-0.2, 0) is 11.2 Å². The van der Waals surface area contributed by atoms with Crippen LogP contribution in [0.25, 0.3) is 11.3 Å². The number of hydrogen-bond donors (Lipinski definition) is 1. The van der Waals surface area contributed by atoms with Gasteiger partial charge in [-0.15, -0.1) is 11.3 Å². The van der Waals surface area contributed by atoms with E-state index in [4.69, 9.17) is 11.6 Å². The number of hydrogen-bond acceptors (Lipinski definition) is 4. The summed E-state index contributed by atoms with van der Waals surface area (Å²) in [5.41, 5.74) is 3.31. The van der Waals surface area contributed by atoms with Crippen LogP contribution in [0.3, 0.4) is 0 Å². The molecule has 0 aliphatic carbocycles. The van der Waals surface area contributed by atoms with Gasteiger partial charge in [0.25, 0.3) is 5.91 Å². The third kappa shape index (κ3) is 3.39. The molecule has 2 amide bonds. The van der Waals surface area contributed by atoms with E-state index in [9.17, 15) is 14.0 Å². The monoisotopic (exact) mass is 415 g/mol. The SMILES string of the molecule is CC(=O)N1CCc2ccc(-c3csc(NC(=O)c4c(F)cccc4Cl)n3)cc21. The number of fused-ring (bicyclic) bond motifs is 1. The molecule has 1 N–H and O–H groups in total. The summed E-state index contributed by atoms with van der Waals surface area (Å²) in [6.07, 6.45) is 0.830. The van der Waals surface area contributed by atoms with E-state index in [0.717, 1.165) is 23.2 Å². The van der Waals surface area contributed by atoms with E-state index >= 15 is 0 Å². The topological polar surface area (TPSA) is 62.3 Å². The highest BCUT2D eigenvalue weighted by atomic mass is 35.5. The Bertz CT molecular complexity index is 1080. The van der Waals surface area contributed by atoms with Gasteiger partial charge in [-0.25, -0.2) is 9.37 Å². The molecule has 0 spiro atoms. The number of thiazole rings is 1. The van der Waals surface area contributed by atoms with E-state index in [-0.39, 0.29) is 16.5 Å². The van der Waals surface area contributed by atoms with Crippen molar-refractivity contribution in [3.05, 3.63) is 63.7 Å². The van der Waals surface area contributed by atoms with Gasteiger partial charge in [0.1, 0.15) is 5.82 Å². The number of nitrogens with zero attached hydrogens (tertiary/aromatic N) is 2. The van der Waals surface area contributed by atoms with Crippen molar-refractivity contribution in [2.45, 2.75) is 13.3 Å². The lowest BCUT2D eigenvalue weighted by Crippen LogP contribution is -2.25. The van der Waals surface area contributed by atoms with E-state index in [0.29, 0.717) is 17.4 Å². The van der Waals surface area contributed by atoms with Gasteiger partial charge in [0.05, 0.1) is 16.3 Å². The molecule has 0 saturated carbocycles. The van der Waals surface area contributed by atoms with Gasteiger partial charge in [-0.1, -0.05) is 29.8 Å². The molecule has 3 aromatic rings. The summed E-state index contributed by atoms with van der Waals surface area (Å²) in [6, 6.07) is 9.94. The number of carbonyl (C=O) groups is 2. The molecule has 4 rings (SSSR count). The molecule has 0 atom stereocenters. The molecule has 8 heteroatoms. The number of carbonyl (C=O) groups excluding carboxylic acids is 2. The summed E-state index contributed by atoms with van der Waals surface area (Å²) in [6.45, 7) is 2.22. The van der Waals surface area contributed by atoms with Gasteiger partial charge in [0.2, 0.25) is 5.91 Å². The van der Waals surface area contributed by atoms with Crippen LogP contribution in [0.1, 0.15) is 22.8 Å². The number of rotatable bonds is 3. The average Bonchev–Trinajstić information content (AvgIpc) is 3.27. The Hall–Kier alpha value is -2.77. The fourth-order valence-corrected chi connectivity index (χ4v) is 4.17. The van der Waals surface area contributed by atoms with Gasteiger partial charge in [0, 0.05) is 30.1 Å². The summed E-state index contributed by atoms with van der Waals surface area (Å²) in [5.74, 6) is -1.34. The largest absolute Gasteiger partial charge is 0.312 e. The van der Waals surface area contributed by atoms with E-state index < -0.39 is 11.7 Å². The highest BCUT2D eigenvalue weighted by molar-refractivity contribution is 7.14. The lowest BCUT2D eigenvalue weighted by Gasteiger charge is -2.15. The van der Waals surface area contributed by atoms with Crippen molar-refractivity contribution in [3.63, 3.8) is 0 Å². The molecule has 1 aliphatic heterocycles. The number of nitrogens with one attached hydrogen (secondary N) is 1. The second-order valence-corrected chi connectivity index (χ2v) is 7.62. The van der Waals surface area contributed by atoms with E-state index in [1.54, 1.807) is 17.2 Å². The summed E-state index contributed by atoms with van der Waals surface area (Å²) >= 11 is 7.17. The van der Waals surface area contributed by atoms with Crippen molar-refractivity contribution in [2.75, 3.05) is 16.8 Å². The smallest absolute Gasteiger partial charge is 0.261 e. The van der Waals surface area contributed by atoms with Crippen molar-refractivity contribution in [1.82, 2.24) is 4.98 Å². The molecule has 142 valence electrons. The highest BCUT2D eigenvalue weighted by Gasteiger charge is 2.23. The maximum absolute atomic E-state index is 13.9. The van der Waals surface area contributed by atoms with E-state index in [1.807, 2.05) is 18.2 Å². The van der Waals surface area contributed by atoms with Gasteiger partial charge in [-0.3, -0.25) is 14.9 Å². The molecule has 1 aliphatic rings. The fourth-order valence-electron chi connectivity index (χ4n) is 3.20. The molecule has 0 bridgehead atoms. The second kappa shape index (κ2) is 7.33. The number of amides is 2. The second-order valence-electron chi connectivity index (χ2n) is 6.35.